The summed E-state index contributed by atoms with van der Waals surface area (Å²) in [5, 5.41) is 13.1. The Hall–Kier alpha value is -6.90. The second kappa shape index (κ2) is 19.7. The molecule has 0 saturated carbocycles. The third-order valence-corrected chi connectivity index (χ3v) is 11.2. The number of anilines is 1. The number of fused-ring (bicyclic) bond motifs is 2. The van der Waals surface area contributed by atoms with Crippen LogP contribution in [0.3, 0.4) is 0 Å². The fraction of sp³-hybridized carbons (Fsp3) is 0.250. The topological polar surface area (TPSA) is 142 Å². The molecule has 2 aliphatic rings. The lowest BCUT2D eigenvalue weighted by Gasteiger charge is -2.39. The van der Waals surface area contributed by atoms with Crippen LogP contribution in [0.15, 0.2) is 122 Å². The Morgan fingerprint density at radius 3 is 1.61 bits per heavy atom. The molecule has 318 valence electrons. The van der Waals surface area contributed by atoms with Gasteiger partial charge in [0.05, 0.1) is 21.5 Å². The van der Waals surface area contributed by atoms with E-state index in [2.05, 4.69) is 26.7 Å². The van der Waals surface area contributed by atoms with Gasteiger partial charge in [0.15, 0.2) is 0 Å². The van der Waals surface area contributed by atoms with Crippen LogP contribution in [-0.2, 0) is 22.7 Å². The summed E-state index contributed by atoms with van der Waals surface area (Å²) in [7, 11) is 0. The Morgan fingerprint density at radius 2 is 1.15 bits per heavy atom. The maximum atomic E-state index is 13.1. The second-order valence-corrected chi connectivity index (χ2v) is 15.7. The van der Waals surface area contributed by atoms with Gasteiger partial charge in [-0.1, -0.05) is 36.4 Å². The predicted octanol–water partition coefficient (Wildman–Crippen LogP) is 7.73. The standard InChI is InChI=1S/C24H23FN4O3.C24H25FN4O/c1-17-15-27(16-18-4-7-21(25)8-5-18)11-12-28(17)24(30)9-6-20-13-22-19(3-2-10-26-22)14-23(20)29(31)32;1-17-15-28(16-18-4-7-21(25)8-5-18)11-12-29(17)24(30)9-6-19-14-23-20(13-22(19)26)3-2-10-27-23/h2-10,13-14,17H,11-12,15-16H2,1H3;2-10,13-14,17H,11-12,15-16,26H2,1H3/b2*9-6+/t2*17-/m11/s1. The SMILES string of the molecule is C[C@@H]1CN(Cc2ccc(F)cc2)CCN1C(=O)/C=C/c1cc2ncccc2cc1N.C[C@@H]1CN(Cc2ccc(F)cc2)CCN1C(=O)/C=C/c1cc2ncccc2cc1[N+](=O)[O-]. The van der Waals surface area contributed by atoms with Gasteiger partial charge in [0, 0.05) is 112 Å². The molecule has 2 N–H and O–H groups in total. The monoisotopic (exact) mass is 838 g/mol. The molecule has 4 aromatic carbocycles. The number of amides is 2. The molecule has 62 heavy (non-hydrogen) atoms. The first-order valence-electron chi connectivity index (χ1n) is 20.5. The highest BCUT2D eigenvalue weighted by atomic mass is 19.1. The lowest BCUT2D eigenvalue weighted by atomic mass is 10.1. The summed E-state index contributed by atoms with van der Waals surface area (Å²) in [6.07, 6.45) is 9.61. The highest BCUT2D eigenvalue weighted by Gasteiger charge is 2.28. The molecule has 2 aromatic heterocycles. The van der Waals surface area contributed by atoms with Gasteiger partial charge in [-0.15, -0.1) is 0 Å². The van der Waals surface area contributed by atoms with E-state index in [0.717, 1.165) is 47.2 Å². The molecule has 0 spiro atoms. The van der Waals surface area contributed by atoms with E-state index in [1.165, 1.54) is 42.5 Å². The van der Waals surface area contributed by atoms with Crippen LogP contribution in [0.1, 0.15) is 36.1 Å². The maximum Gasteiger partial charge on any atom is 0.277 e. The van der Waals surface area contributed by atoms with Crippen molar-refractivity contribution >= 4 is 57.1 Å². The lowest BCUT2D eigenvalue weighted by Crippen LogP contribution is -2.53. The second-order valence-electron chi connectivity index (χ2n) is 15.7. The number of carbonyl (C=O) groups excluding carboxylic acids is 2. The van der Waals surface area contributed by atoms with Crippen molar-refractivity contribution in [3.63, 3.8) is 0 Å². The Morgan fingerprint density at radius 1 is 0.694 bits per heavy atom. The average molecular weight is 839 g/mol. The molecule has 0 bridgehead atoms. The minimum absolute atomic E-state index is 0.0189. The zero-order valence-electron chi connectivity index (χ0n) is 34.6. The smallest absolute Gasteiger partial charge is 0.277 e. The summed E-state index contributed by atoms with van der Waals surface area (Å²) in [6, 6.07) is 27.3. The van der Waals surface area contributed by atoms with Crippen LogP contribution in [0.25, 0.3) is 34.0 Å². The van der Waals surface area contributed by atoms with Crippen LogP contribution >= 0.6 is 0 Å². The third kappa shape index (κ3) is 10.9. The Balaban J connectivity index is 0.000000187. The van der Waals surface area contributed by atoms with Crippen molar-refractivity contribution in [2.24, 2.45) is 0 Å². The van der Waals surface area contributed by atoms with Crippen molar-refractivity contribution in [3.8, 4) is 0 Å². The fourth-order valence-electron chi connectivity index (χ4n) is 7.93. The number of hydrogen-bond acceptors (Lipinski definition) is 9. The van der Waals surface area contributed by atoms with Gasteiger partial charge in [0.1, 0.15) is 11.6 Å². The molecular weight excluding hydrogens is 791 g/mol. The fourth-order valence-corrected chi connectivity index (χ4v) is 7.93. The van der Waals surface area contributed by atoms with Crippen molar-refractivity contribution in [3.05, 3.63) is 166 Å². The molecular formula is C48H48F2N8O4. The summed E-state index contributed by atoms with van der Waals surface area (Å²) < 4.78 is 26.2. The zero-order chi connectivity index (χ0) is 43.8. The molecule has 4 heterocycles. The number of hydrogen-bond donors (Lipinski definition) is 1. The van der Waals surface area contributed by atoms with E-state index in [0.29, 0.717) is 54.9 Å². The molecule has 8 rings (SSSR count). The highest BCUT2D eigenvalue weighted by molar-refractivity contribution is 5.95. The summed E-state index contributed by atoms with van der Waals surface area (Å²) in [6.45, 7) is 9.62. The highest BCUT2D eigenvalue weighted by Crippen LogP contribution is 2.27. The molecule has 2 saturated heterocycles. The number of rotatable bonds is 9. The third-order valence-electron chi connectivity index (χ3n) is 11.2. The number of nitro groups is 1. The van der Waals surface area contributed by atoms with Gasteiger partial charge >= 0.3 is 0 Å². The Bertz CT molecular complexity index is 2620. The van der Waals surface area contributed by atoms with E-state index >= 15 is 0 Å². The number of piperazine rings is 2. The van der Waals surface area contributed by atoms with Crippen LogP contribution < -0.4 is 5.73 Å². The van der Waals surface area contributed by atoms with Crippen molar-refractivity contribution in [1.29, 1.82) is 0 Å². The molecule has 0 aliphatic carbocycles. The average Bonchev–Trinajstić information content (AvgIpc) is 3.26. The zero-order valence-corrected chi connectivity index (χ0v) is 34.6. The predicted molar refractivity (Wildman–Crippen MR) is 238 cm³/mol. The van der Waals surface area contributed by atoms with Crippen molar-refractivity contribution in [2.75, 3.05) is 45.0 Å². The molecule has 0 unspecified atom stereocenters. The first-order chi connectivity index (χ1) is 29.9. The molecule has 2 aliphatic heterocycles. The van der Waals surface area contributed by atoms with E-state index in [1.807, 2.05) is 48.2 Å². The van der Waals surface area contributed by atoms with E-state index in [1.54, 1.807) is 59.8 Å². The number of nitro benzene ring substituents is 1. The first-order valence-corrected chi connectivity index (χ1v) is 20.5. The van der Waals surface area contributed by atoms with Gasteiger partial charge in [-0.2, -0.15) is 0 Å². The Labute approximate surface area is 358 Å². The normalized spacial score (nSPS) is 17.4. The van der Waals surface area contributed by atoms with Crippen molar-refractivity contribution in [2.45, 2.75) is 39.0 Å². The molecule has 14 heteroatoms. The van der Waals surface area contributed by atoms with Gasteiger partial charge in [-0.25, -0.2) is 8.78 Å². The van der Waals surface area contributed by atoms with Crippen LogP contribution in [-0.4, -0.2) is 97.7 Å². The number of pyridine rings is 2. The number of nitrogens with two attached hydrogens (primary N) is 1. The van der Waals surface area contributed by atoms with Gasteiger partial charge in [-0.3, -0.25) is 39.5 Å². The van der Waals surface area contributed by atoms with Crippen LogP contribution in [0.5, 0.6) is 0 Å². The number of benzene rings is 4. The Kier molecular flexibility index (Phi) is 13.7. The van der Waals surface area contributed by atoms with Gasteiger partial charge < -0.3 is 15.5 Å². The maximum absolute atomic E-state index is 13.1. The van der Waals surface area contributed by atoms with E-state index in [-0.39, 0.29) is 41.2 Å². The quantitative estimate of drug-likeness (QED) is 0.0670. The first kappa shape index (κ1) is 43.2. The number of halogens is 2. The summed E-state index contributed by atoms with van der Waals surface area (Å²) in [4.78, 5) is 53.4. The number of carbonyl (C=O) groups is 2. The molecule has 2 atom stereocenters. The number of nitrogen functional groups attached to an aromatic ring is 1. The van der Waals surface area contributed by atoms with E-state index < -0.39 is 4.92 Å². The summed E-state index contributed by atoms with van der Waals surface area (Å²) in [5.41, 5.74) is 11.4. The molecule has 0 radical (unpaired) electrons. The summed E-state index contributed by atoms with van der Waals surface area (Å²) in [5.74, 6) is -0.692. The van der Waals surface area contributed by atoms with Crippen molar-refractivity contribution in [1.82, 2.24) is 29.6 Å². The van der Waals surface area contributed by atoms with Gasteiger partial charge in [0.2, 0.25) is 11.8 Å². The van der Waals surface area contributed by atoms with E-state index in [9.17, 15) is 28.5 Å². The summed E-state index contributed by atoms with van der Waals surface area (Å²) >= 11 is 0. The number of aromatic nitrogens is 2. The molecule has 12 nitrogen and oxygen atoms in total. The minimum atomic E-state index is -0.451. The van der Waals surface area contributed by atoms with Crippen LogP contribution in [0.4, 0.5) is 20.2 Å². The van der Waals surface area contributed by atoms with Crippen LogP contribution in [0, 0.1) is 21.7 Å². The van der Waals surface area contributed by atoms with Crippen LogP contribution in [0.2, 0.25) is 0 Å². The van der Waals surface area contributed by atoms with E-state index in [4.69, 9.17) is 5.73 Å². The molecule has 2 amide bonds. The van der Waals surface area contributed by atoms with Gasteiger partial charge in [-0.05, 0) is 97.3 Å². The minimum Gasteiger partial charge on any atom is -0.398 e. The molecule has 6 aromatic rings. The van der Waals surface area contributed by atoms with Gasteiger partial charge in [0.25, 0.3) is 5.69 Å². The van der Waals surface area contributed by atoms with Crippen molar-refractivity contribution < 1.29 is 23.3 Å². The largest absolute Gasteiger partial charge is 0.398 e. The number of nitrogens with zero attached hydrogens (tertiary/aromatic N) is 7. The molecule has 2 fully saturated rings. The lowest BCUT2D eigenvalue weighted by molar-refractivity contribution is -0.384.